The van der Waals surface area contributed by atoms with Crippen LogP contribution < -0.4 is 10.0 Å². The van der Waals surface area contributed by atoms with E-state index in [-0.39, 0.29) is 0 Å². The number of halogens is 3. The monoisotopic (exact) mass is 391 g/mol. The molecule has 0 amide bonds. The van der Waals surface area contributed by atoms with Gasteiger partial charge in [-0.15, -0.1) is 0 Å². The lowest BCUT2D eigenvalue weighted by Gasteiger charge is -2.30. The van der Waals surface area contributed by atoms with Crippen LogP contribution in [0.4, 0.5) is 18.9 Å². The number of aliphatic imine (C=N–C) groups is 1. The molecule has 3 rings (SSSR count). The highest BCUT2D eigenvalue weighted by atomic mass is 32.2. The Balaban J connectivity index is 1.92. The lowest BCUT2D eigenvalue weighted by atomic mass is 9.98. The van der Waals surface area contributed by atoms with Crippen LogP contribution in [-0.2, 0) is 12.6 Å². The number of hydrogen-bond donors (Lipinski definition) is 1. The Labute approximate surface area is 160 Å². The topological polar surface area (TPSA) is 41.6 Å². The van der Waals surface area contributed by atoms with Crippen LogP contribution in [0.5, 0.6) is 0 Å². The fourth-order valence-electron chi connectivity index (χ4n) is 3.02. The smallest absolute Gasteiger partial charge is 0.404 e. The van der Waals surface area contributed by atoms with Crippen molar-refractivity contribution in [2.45, 2.75) is 23.9 Å². The van der Waals surface area contributed by atoms with Gasteiger partial charge in [0.25, 0.3) is 0 Å². The second-order valence-corrected chi connectivity index (χ2v) is 7.27. The summed E-state index contributed by atoms with van der Waals surface area (Å²) in [6.07, 6.45) is 0.744. The highest BCUT2D eigenvalue weighted by Crippen LogP contribution is 2.38. The Morgan fingerprint density at radius 2 is 2.04 bits per heavy atom. The van der Waals surface area contributed by atoms with E-state index in [0.29, 0.717) is 4.90 Å². The first-order valence-corrected chi connectivity index (χ1v) is 9.30. The molecular weight excluding hydrogens is 371 g/mol. The van der Waals surface area contributed by atoms with E-state index >= 15 is 0 Å². The molecule has 0 aromatic heterocycles. The van der Waals surface area contributed by atoms with Crippen molar-refractivity contribution in [1.82, 2.24) is 0 Å². The quantitative estimate of drug-likeness (QED) is 0.578. The molecule has 0 saturated heterocycles. The molecule has 0 bridgehead atoms. The Hall–Kier alpha value is -2.41. The van der Waals surface area contributed by atoms with E-state index in [1.807, 2.05) is 12.1 Å². The first-order chi connectivity index (χ1) is 12.9. The van der Waals surface area contributed by atoms with Gasteiger partial charge in [0.05, 0.1) is 11.3 Å². The molecule has 0 atom stereocenters. The number of allylic oxidation sites excluding steroid dienone is 1. The molecule has 0 fully saturated rings. The fourth-order valence-corrected chi connectivity index (χ4v) is 4.09. The summed E-state index contributed by atoms with van der Waals surface area (Å²) in [5, 5.41) is 0. The normalized spacial score (nSPS) is 15.3. The van der Waals surface area contributed by atoms with E-state index in [1.54, 1.807) is 19.3 Å². The number of rotatable bonds is 4. The van der Waals surface area contributed by atoms with Crippen LogP contribution in [0.2, 0.25) is 0 Å². The first-order valence-electron chi connectivity index (χ1n) is 8.52. The van der Waals surface area contributed by atoms with Crippen molar-refractivity contribution in [3.05, 3.63) is 65.4 Å². The highest BCUT2D eigenvalue weighted by molar-refractivity contribution is 8.00. The molecular formula is C20H20F3N3S. The lowest BCUT2D eigenvalue weighted by molar-refractivity contribution is -0.137. The van der Waals surface area contributed by atoms with Gasteiger partial charge in [0.2, 0.25) is 0 Å². The van der Waals surface area contributed by atoms with Crippen molar-refractivity contribution in [2.75, 3.05) is 17.9 Å². The van der Waals surface area contributed by atoms with Crippen molar-refractivity contribution in [2.24, 2.45) is 10.7 Å². The Morgan fingerprint density at radius 3 is 2.74 bits per heavy atom. The first kappa shape index (κ1) is 19.4. The van der Waals surface area contributed by atoms with Crippen LogP contribution in [-0.4, -0.2) is 19.8 Å². The predicted octanol–water partition coefficient (Wildman–Crippen LogP) is 5.17. The number of benzene rings is 2. The molecule has 0 aliphatic carbocycles. The molecule has 0 saturated carbocycles. The highest BCUT2D eigenvalue weighted by Gasteiger charge is 2.30. The summed E-state index contributed by atoms with van der Waals surface area (Å²) >= 11 is 1.33. The minimum atomic E-state index is -4.34. The number of nitrogens with two attached hydrogens (primary N) is 1. The molecule has 0 unspecified atom stereocenters. The van der Waals surface area contributed by atoms with Crippen molar-refractivity contribution < 1.29 is 13.2 Å². The molecule has 7 heteroatoms. The van der Waals surface area contributed by atoms with Crippen molar-refractivity contribution >= 4 is 29.4 Å². The zero-order valence-electron chi connectivity index (χ0n) is 14.8. The third-order valence-electron chi connectivity index (χ3n) is 4.32. The van der Waals surface area contributed by atoms with Gasteiger partial charge in [-0.3, -0.25) is 4.99 Å². The van der Waals surface area contributed by atoms with E-state index in [1.165, 1.54) is 35.8 Å². The molecule has 0 radical (unpaired) electrons. The minimum absolute atomic E-state index is 0.563. The van der Waals surface area contributed by atoms with Crippen LogP contribution in [0.1, 0.15) is 23.1 Å². The second kappa shape index (κ2) is 8.08. The van der Waals surface area contributed by atoms with Gasteiger partial charge in [0, 0.05) is 36.5 Å². The SMILES string of the molecule is CN=CC(=CN)c1ccc2c(c1)N(Sc1cccc(C(F)(F)F)c1)CCC2. The van der Waals surface area contributed by atoms with Crippen LogP contribution in [0, 0.1) is 0 Å². The van der Waals surface area contributed by atoms with Gasteiger partial charge in [0.15, 0.2) is 0 Å². The summed E-state index contributed by atoms with van der Waals surface area (Å²) in [7, 11) is 1.68. The molecule has 1 heterocycles. The summed E-state index contributed by atoms with van der Waals surface area (Å²) in [6.45, 7) is 0.765. The predicted molar refractivity (Wildman–Crippen MR) is 106 cm³/mol. The van der Waals surface area contributed by atoms with Gasteiger partial charge in [-0.05, 0) is 60.2 Å². The molecule has 2 N–H and O–H groups in total. The Bertz CT molecular complexity index is 875. The number of aryl methyl sites for hydroxylation is 1. The fraction of sp³-hybridized carbons (Fsp3) is 0.250. The zero-order valence-corrected chi connectivity index (χ0v) is 15.6. The summed E-state index contributed by atoms with van der Waals surface area (Å²) in [6, 6.07) is 11.5. The zero-order chi connectivity index (χ0) is 19.4. The number of fused-ring (bicyclic) bond motifs is 1. The summed E-state index contributed by atoms with van der Waals surface area (Å²) in [5.41, 5.74) is 8.98. The van der Waals surface area contributed by atoms with Crippen LogP contribution >= 0.6 is 11.9 Å². The molecule has 2 aromatic rings. The Kier molecular flexibility index (Phi) is 5.79. The van der Waals surface area contributed by atoms with Gasteiger partial charge in [-0.25, -0.2) is 0 Å². The third-order valence-corrected chi connectivity index (χ3v) is 5.38. The maximum atomic E-state index is 13.0. The summed E-state index contributed by atoms with van der Waals surface area (Å²) in [5.74, 6) is 0. The van der Waals surface area contributed by atoms with E-state index in [0.717, 1.165) is 42.3 Å². The largest absolute Gasteiger partial charge is 0.416 e. The average molecular weight is 391 g/mol. The van der Waals surface area contributed by atoms with Crippen LogP contribution in [0.25, 0.3) is 5.57 Å². The van der Waals surface area contributed by atoms with Gasteiger partial charge >= 0.3 is 6.18 Å². The maximum Gasteiger partial charge on any atom is 0.416 e. The molecule has 0 spiro atoms. The van der Waals surface area contributed by atoms with E-state index < -0.39 is 11.7 Å². The minimum Gasteiger partial charge on any atom is -0.404 e. The number of nitrogens with zero attached hydrogens (tertiary/aromatic N) is 2. The van der Waals surface area contributed by atoms with Gasteiger partial charge in [-0.2, -0.15) is 13.2 Å². The maximum absolute atomic E-state index is 13.0. The van der Waals surface area contributed by atoms with Crippen molar-refractivity contribution in [3.63, 3.8) is 0 Å². The number of alkyl halides is 3. The number of hydrogen-bond acceptors (Lipinski definition) is 4. The van der Waals surface area contributed by atoms with Gasteiger partial charge in [-0.1, -0.05) is 18.2 Å². The average Bonchev–Trinajstić information content (AvgIpc) is 2.66. The molecule has 142 valence electrons. The van der Waals surface area contributed by atoms with E-state index in [4.69, 9.17) is 5.73 Å². The molecule has 3 nitrogen and oxygen atoms in total. The molecule has 1 aliphatic heterocycles. The van der Waals surface area contributed by atoms with Gasteiger partial charge < -0.3 is 10.0 Å². The van der Waals surface area contributed by atoms with E-state index in [2.05, 4.69) is 15.4 Å². The standard InChI is InChI=1S/C20H20F3N3S/c1-25-13-16(12-24)15-8-7-14-4-3-9-26(19(14)10-15)27-18-6-2-5-17(11-18)20(21,22)23/h2,5-8,10-13H,3-4,9,24H2,1H3. The Morgan fingerprint density at radius 1 is 1.22 bits per heavy atom. The van der Waals surface area contributed by atoms with Crippen LogP contribution in [0.3, 0.4) is 0 Å². The molecule has 2 aromatic carbocycles. The lowest BCUT2D eigenvalue weighted by Crippen LogP contribution is -2.22. The van der Waals surface area contributed by atoms with Crippen LogP contribution in [0.15, 0.2) is 58.6 Å². The number of anilines is 1. The van der Waals surface area contributed by atoms with Crippen molar-refractivity contribution in [1.29, 1.82) is 0 Å². The summed E-state index contributed by atoms with van der Waals surface area (Å²) < 4.78 is 41.0. The third kappa shape index (κ3) is 4.47. The molecule has 27 heavy (non-hydrogen) atoms. The molecule has 1 aliphatic rings. The van der Waals surface area contributed by atoms with E-state index in [9.17, 15) is 13.2 Å². The second-order valence-electron chi connectivity index (χ2n) is 6.18. The van der Waals surface area contributed by atoms with Gasteiger partial charge in [0.1, 0.15) is 0 Å². The van der Waals surface area contributed by atoms with Crippen molar-refractivity contribution in [3.8, 4) is 0 Å². The summed E-state index contributed by atoms with van der Waals surface area (Å²) in [4.78, 5) is 4.58.